The van der Waals surface area contributed by atoms with E-state index >= 15 is 0 Å². The molecule has 1 aliphatic heterocycles. The molecule has 1 aromatic carbocycles. The molecule has 0 fully saturated rings. The summed E-state index contributed by atoms with van der Waals surface area (Å²) in [7, 11) is 0. The van der Waals surface area contributed by atoms with Crippen LogP contribution in [0.15, 0.2) is 28.8 Å². The van der Waals surface area contributed by atoms with Gasteiger partial charge in [-0.15, -0.1) is 10.2 Å². The number of benzene rings is 1. The number of hydrogen-bond acceptors (Lipinski definition) is 8. The number of aromatic nitrogens is 3. The molecule has 9 heteroatoms. The normalized spacial score (nSPS) is 12.5. The van der Waals surface area contributed by atoms with Crippen molar-refractivity contribution in [3.8, 4) is 24.2 Å². The van der Waals surface area contributed by atoms with Crippen LogP contribution in [0.5, 0.6) is 0 Å². The monoisotopic (exact) mass is 430 g/mol. The summed E-state index contributed by atoms with van der Waals surface area (Å²) < 4.78 is 11.4. The Balaban J connectivity index is 1.45. The number of nitrogen functional groups attached to an aromatic ring is 1. The molecule has 1 aliphatic rings. The quantitative estimate of drug-likeness (QED) is 0.579. The second-order valence-electron chi connectivity index (χ2n) is 7.68. The fraction of sp³-hybridized carbons (Fsp3) is 0.348. The first-order chi connectivity index (χ1) is 15.6. The zero-order chi connectivity index (χ0) is 22.5. The van der Waals surface area contributed by atoms with Gasteiger partial charge in [0.2, 0.25) is 5.89 Å². The highest BCUT2D eigenvalue weighted by Crippen LogP contribution is 2.26. The van der Waals surface area contributed by atoms with Crippen molar-refractivity contribution in [2.45, 2.75) is 33.1 Å². The van der Waals surface area contributed by atoms with Gasteiger partial charge in [0.1, 0.15) is 11.8 Å². The van der Waals surface area contributed by atoms with Crippen LogP contribution in [0.4, 0.5) is 5.69 Å². The highest BCUT2D eigenvalue weighted by atomic mass is 16.5. The van der Waals surface area contributed by atoms with E-state index in [2.05, 4.69) is 44.0 Å². The lowest BCUT2D eigenvalue weighted by Crippen LogP contribution is -2.28. The molecule has 0 aliphatic carbocycles. The van der Waals surface area contributed by atoms with Crippen LogP contribution in [0, 0.1) is 24.8 Å². The molecule has 4 rings (SSSR count). The van der Waals surface area contributed by atoms with E-state index in [1.165, 1.54) is 28.5 Å². The van der Waals surface area contributed by atoms with Crippen molar-refractivity contribution in [1.29, 1.82) is 5.26 Å². The van der Waals surface area contributed by atoms with Crippen molar-refractivity contribution in [3.63, 3.8) is 0 Å². The van der Waals surface area contributed by atoms with Crippen LogP contribution in [0.2, 0.25) is 0 Å². The van der Waals surface area contributed by atoms with E-state index in [-0.39, 0.29) is 5.89 Å². The zero-order valence-electron chi connectivity index (χ0n) is 17.9. The third-order valence-electron chi connectivity index (χ3n) is 5.66. The predicted octanol–water partition coefficient (Wildman–Crippen LogP) is 2.93. The average molecular weight is 430 g/mol. The molecule has 2 N–H and O–H groups in total. The number of fused-ring (bicyclic) bond motifs is 1. The molecule has 0 saturated heterocycles. The van der Waals surface area contributed by atoms with Gasteiger partial charge in [-0.05, 0) is 41.7 Å². The second-order valence-corrected chi connectivity index (χ2v) is 7.68. The first kappa shape index (κ1) is 21.4. The zero-order valence-corrected chi connectivity index (χ0v) is 17.9. The minimum atomic E-state index is 0.258. The molecule has 9 nitrogen and oxygen atoms in total. The van der Waals surface area contributed by atoms with Gasteiger partial charge in [-0.1, -0.05) is 17.0 Å². The summed E-state index contributed by atoms with van der Waals surface area (Å²) in [6, 6.07) is 7.88. The maximum absolute atomic E-state index is 9.00. The molecule has 0 spiro atoms. The SMILES string of the molecule is C#[N+]CCN(CCc1ccc2c(c1C)COC2)Cc1nnc(-c2cc(N)c(C#N)cn2)o1. The Hall–Kier alpha value is -3.79. The van der Waals surface area contributed by atoms with Crippen molar-refractivity contribution in [2.75, 3.05) is 25.4 Å². The molecule has 0 radical (unpaired) electrons. The third kappa shape index (κ3) is 4.59. The van der Waals surface area contributed by atoms with E-state index < -0.39 is 0 Å². The van der Waals surface area contributed by atoms with Crippen molar-refractivity contribution < 1.29 is 9.15 Å². The van der Waals surface area contributed by atoms with Crippen LogP contribution in [-0.4, -0.2) is 39.7 Å². The van der Waals surface area contributed by atoms with E-state index in [0.717, 1.165) is 13.0 Å². The molecule has 3 heterocycles. The predicted molar refractivity (Wildman–Crippen MR) is 118 cm³/mol. The lowest BCUT2D eigenvalue weighted by atomic mass is 9.97. The lowest BCUT2D eigenvalue weighted by molar-refractivity contribution is 0.134. The standard InChI is InChI=1S/C23H24N7O2/c1-15-16(3-4-17-13-31-14-19(15)17)5-7-30(8-6-26-2)12-22-28-29-23(32-22)21-9-20(25)18(10-24)11-27-21/h2-4,9,11H,5-8,12-14H2,1H3,(H2,25,27)/q+1. The number of nitriles is 1. The van der Waals surface area contributed by atoms with Gasteiger partial charge in [0.25, 0.3) is 19.0 Å². The summed E-state index contributed by atoms with van der Waals surface area (Å²) in [5.41, 5.74) is 12.1. The van der Waals surface area contributed by atoms with Crippen molar-refractivity contribution >= 4 is 5.69 Å². The number of anilines is 1. The molecule has 3 aromatic rings. The number of nitrogens with two attached hydrogens (primary N) is 1. The van der Waals surface area contributed by atoms with E-state index in [4.69, 9.17) is 26.7 Å². The van der Waals surface area contributed by atoms with Gasteiger partial charge in [-0.3, -0.25) is 4.90 Å². The smallest absolute Gasteiger partial charge is 0.275 e. The maximum Gasteiger partial charge on any atom is 0.275 e. The largest absolute Gasteiger partial charge is 0.418 e. The second kappa shape index (κ2) is 9.56. The Kier molecular flexibility index (Phi) is 6.41. The molecule has 2 aromatic heterocycles. The Morgan fingerprint density at radius 1 is 1.28 bits per heavy atom. The minimum Gasteiger partial charge on any atom is -0.418 e. The number of ether oxygens (including phenoxy) is 1. The van der Waals surface area contributed by atoms with Gasteiger partial charge in [0.05, 0.1) is 37.6 Å². The van der Waals surface area contributed by atoms with Gasteiger partial charge < -0.3 is 14.9 Å². The molecule has 0 amide bonds. The maximum atomic E-state index is 9.00. The molecule has 0 bridgehead atoms. The van der Waals surface area contributed by atoms with Crippen molar-refractivity contribution in [1.82, 2.24) is 20.1 Å². The van der Waals surface area contributed by atoms with E-state index in [0.29, 0.717) is 55.7 Å². The highest BCUT2D eigenvalue weighted by Gasteiger charge is 2.18. The van der Waals surface area contributed by atoms with Gasteiger partial charge >= 0.3 is 0 Å². The molecule has 0 saturated carbocycles. The third-order valence-corrected chi connectivity index (χ3v) is 5.66. The lowest BCUT2D eigenvalue weighted by Gasteiger charge is -2.19. The summed E-state index contributed by atoms with van der Waals surface area (Å²) in [4.78, 5) is 10.1. The van der Waals surface area contributed by atoms with Crippen LogP contribution < -0.4 is 5.73 Å². The van der Waals surface area contributed by atoms with Crippen LogP contribution in [0.3, 0.4) is 0 Å². The Bertz CT molecular complexity index is 1210. The number of rotatable bonds is 8. The molecule has 32 heavy (non-hydrogen) atoms. The highest BCUT2D eigenvalue weighted by molar-refractivity contribution is 5.61. The van der Waals surface area contributed by atoms with Crippen molar-refractivity contribution in [3.05, 3.63) is 62.9 Å². The van der Waals surface area contributed by atoms with Crippen LogP contribution in [0.1, 0.15) is 33.7 Å². The number of pyridine rings is 1. The molecule has 0 atom stereocenters. The van der Waals surface area contributed by atoms with Crippen LogP contribution in [-0.2, 0) is 30.9 Å². The number of hydrogen-bond donors (Lipinski definition) is 1. The summed E-state index contributed by atoms with van der Waals surface area (Å²) in [5, 5.41) is 17.2. The molecular formula is C23H24N7O2+. The van der Waals surface area contributed by atoms with Crippen molar-refractivity contribution in [2.24, 2.45) is 0 Å². The van der Waals surface area contributed by atoms with Gasteiger partial charge in [0, 0.05) is 12.7 Å². The van der Waals surface area contributed by atoms with Crippen LogP contribution in [0.25, 0.3) is 16.4 Å². The van der Waals surface area contributed by atoms with E-state index in [1.807, 2.05) is 6.07 Å². The average Bonchev–Trinajstić information content (AvgIpc) is 3.46. The summed E-state index contributed by atoms with van der Waals surface area (Å²) >= 11 is 0. The first-order valence-corrected chi connectivity index (χ1v) is 10.3. The van der Waals surface area contributed by atoms with Gasteiger partial charge in [0.15, 0.2) is 0 Å². The fourth-order valence-corrected chi connectivity index (χ4v) is 3.77. The summed E-state index contributed by atoms with van der Waals surface area (Å²) in [6.07, 6.45) is 2.27. The summed E-state index contributed by atoms with van der Waals surface area (Å²) in [6.45, 7) is 11.3. The Labute approximate surface area is 186 Å². The molecule has 162 valence electrons. The Morgan fingerprint density at radius 2 is 2.16 bits per heavy atom. The van der Waals surface area contributed by atoms with E-state index in [1.54, 1.807) is 6.07 Å². The summed E-state index contributed by atoms with van der Waals surface area (Å²) in [5.74, 6) is 0.718. The minimum absolute atomic E-state index is 0.258. The van der Waals surface area contributed by atoms with Gasteiger partial charge in [-0.2, -0.15) is 5.26 Å². The molecule has 0 unspecified atom stereocenters. The first-order valence-electron chi connectivity index (χ1n) is 10.3. The fourth-order valence-electron chi connectivity index (χ4n) is 3.77. The number of nitrogens with zero attached hydrogens (tertiary/aromatic N) is 6. The topological polar surface area (TPSA) is 118 Å². The molecular weight excluding hydrogens is 406 g/mol. The van der Waals surface area contributed by atoms with E-state index in [9.17, 15) is 0 Å². The van der Waals surface area contributed by atoms with Gasteiger partial charge in [-0.25, -0.2) is 4.98 Å². The van der Waals surface area contributed by atoms with Crippen LogP contribution >= 0.6 is 0 Å². The Morgan fingerprint density at radius 3 is 2.94 bits per heavy atom.